The molecule has 3 heteroatoms. The summed E-state index contributed by atoms with van der Waals surface area (Å²) in [4.78, 5) is 20.6. The van der Waals surface area contributed by atoms with E-state index in [-0.39, 0.29) is 11.6 Å². The first kappa shape index (κ1) is 21.6. The summed E-state index contributed by atoms with van der Waals surface area (Å²) in [6.07, 6.45) is 5.01. The third-order valence-corrected chi connectivity index (χ3v) is 7.84. The molecule has 0 aliphatic heterocycles. The van der Waals surface area contributed by atoms with E-state index in [0.29, 0.717) is 0 Å². The molecule has 2 nitrogen and oxygen atoms in total. The SMILES string of the molecule is Cc1ccccc1P(c1ccccc1C)c1ccccc1C.O=C1C=CC(=O)C=C1. The summed E-state index contributed by atoms with van der Waals surface area (Å²) in [6.45, 7) is 6.67. The van der Waals surface area contributed by atoms with Gasteiger partial charge >= 0.3 is 0 Å². The molecule has 0 spiro atoms. The number of allylic oxidation sites excluding steroid dienone is 4. The van der Waals surface area contributed by atoms with Crippen LogP contribution in [0.25, 0.3) is 0 Å². The molecular formula is C27H25O2P. The second-order valence-corrected chi connectivity index (χ2v) is 9.28. The normalized spacial score (nSPS) is 12.7. The molecule has 0 fully saturated rings. The second kappa shape index (κ2) is 10.1. The molecule has 3 aromatic rings. The Morgan fingerprint density at radius 3 is 1.00 bits per heavy atom. The van der Waals surface area contributed by atoms with Gasteiger partial charge in [-0.2, -0.15) is 0 Å². The fraction of sp³-hybridized carbons (Fsp3) is 0.111. The van der Waals surface area contributed by atoms with Crippen LogP contribution >= 0.6 is 7.92 Å². The predicted molar refractivity (Wildman–Crippen MR) is 128 cm³/mol. The van der Waals surface area contributed by atoms with Crippen molar-refractivity contribution in [3.63, 3.8) is 0 Å². The van der Waals surface area contributed by atoms with Crippen LogP contribution in [0.1, 0.15) is 16.7 Å². The minimum atomic E-state index is -0.508. The van der Waals surface area contributed by atoms with Gasteiger partial charge in [-0.05, 0) is 85.6 Å². The number of rotatable bonds is 3. The van der Waals surface area contributed by atoms with Crippen molar-refractivity contribution in [1.82, 2.24) is 0 Å². The summed E-state index contributed by atoms with van der Waals surface area (Å²) >= 11 is 0. The van der Waals surface area contributed by atoms with Crippen molar-refractivity contribution >= 4 is 35.4 Å². The largest absolute Gasteiger partial charge is 0.290 e. The van der Waals surface area contributed by atoms with Crippen LogP contribution in [0.15, 0.2) is 97.1 Å². The van der Waals surface area contributed by atoms with Gasteiger partial charge in [0.05, 0.1) is 0 Å². The Morgan fingerprint density at radius 2 is 0.733 bits per heavy atom. The molecule has 0 aromatic heterocycles. The van der Waals surface area contributed by atoms with Gasteiger partial charge in [0, 0.05) is 0 Å². The zero-order valence-corrected chi connectivity index (χ0v) is 18.4. The molecule has 150 valence electrons. The van der Waals surface area contributed by atoms with Gasteiger partial charge in [-0.3, -0.25) is 9.59 Å². The highest BCUT2D eigenvalue weighted by Crippen LogP contribution is 2.36. The molecule has 3 aromatic carbocycles. The molecule has 0 amide bonds. The van der Waals surface area contributed by atoms with Crippen molar-refractivity contribution in [2.75, 3.05) is 0 Å². The molecule has 4 rings (SSSR count). The standard InChI is InChI=1S/C21H21P.C6H4O2/c1-16-10-4-7-13-19(16)22(20-14-8-5-11-17(20)2)21-15-9-6-12-18(21)3;7-5-1-2-6(8)4-3-5/h4-15H,1-3H3;1-4H. The highest BCUT2D eigenvalue weighted by atomic mass is 31.1. The molecule has 0 saturated heterocycles. The molecule has 0 heterocycles. The smallest absolute Gasteiger partial charge is 0.178 e. The lowest BCUT2D eigenvalue weighted by Crippen LogP contribution is -2.25. The molecule has 1 aliphatic carbocycles. The quantitative estimate of drug-likeness (QED) is 0.465. The van der Waals surface area contributed by atoms with Gasteiger partial charge in [-0.25, -0.2) is 0 Å². The van der Waals surface area contributed by atoms with Gasteiger partial charge in [0.2, 0.25) is 0 Å². The Morgan fingerprint density at radius 1 is 0.467 bits per heavy atom. The van der Waals surface area contributed by atoms with Crippen molar-refractivity contribution in [2.45, 2.75) is 20.8 Å². The third-order valence-electron chi connectivity index (χ3n) is 4.89. The summed E-state index contributed by atoms with van der Waals surface area (Å²) in [5, 5.41) is 4.38. The van der Waals surface area contributed by atoms with Crippen LogP contribution in [-0.4, -0.2) is 11.6 Å². The Kier molecular flexibility index (Phi) is 7.27. The molecule has 0 N–H and O–H groups in total. The van der Waals surface area contributed by atoms with Crippen LogP contribution in [-0.2, 0) is 9.59 Å². The highest BCUT2D eigenvalue weighted by Gasteiger charge is 2.20. The van der Waals surface area contributed by atoms with E-state index < -0.39 is 7.92 Å². The van der Waals surface area contributed by atoms with E-state index in [1.807, 2.05) is 0 Å². The van der Waals surface area contributed by atoms with Gasteiger partial charge in [-0.15, -0.1) is 0 Å². The lowest BCUT2D eigenvalue weighted by atomic mass is 10.2. The fourth-order valence-electron chi connectivity index (χ4n) is 3.27. The Labute approximate surface area is 179 Å². The van der Waals surface area contributed by atoms with Gasteiger partial charge in [-0.1, -0.05) is 72.8 Å². The summed E-state index contributed by atoms with van der Waals surface area (Å²) < 4.78 is 0. The average molecular weight is 412 g/mol. The number of aryl methyl sites for hydroxylation is 3. The summed E-state index contributed by atoms with van der Waals surface area (Å²) in [5.41, 5.74) is 4.13. The van der Waals surface area contributed by atoms with Crippen molar-refractivity contribution < 1.29 is 9.59 Å². The number of hydrogen-bond acceptors (Lipinski definition) is 2. The summed E-state index contributed by atoms with van der Waals surface area (Å²) in [7, 11) is -0.508. The van der Waals surface area contributed by atoms with E-state index in [1.165, 1.54) is 56.9 Å². The summed E-state index contributed by atoms with van der Waals surface area (Å²) in [5.74, 6) is -0.241. The molecule has 1 aliphatic rings. The Balaban J connectivity index is 0.000000269. The number of ketones is 2. The minimum Gasteiger partial charge on any atom is -0.290 e. The van der Waals surface area contributed by atoms with Crippen LogP contribution in [0.5, 0.6) is 0 Å². The minimum absolute atomic E-state index is 0.121. The number of benzene rings is 3. The van der Waals surface area contributed by atoms with Gasteiger partial charge in [0.1, 0.15) is 0 Å². The first-order valence-corrected chi connectivity index (χ1v) is 11.2. The van der Waals surface area contributed by atoms with Gasteiger partial charge < -0.3 is 0 Å². The molecule has 0 radical (unpaired) electrons. The average Bonchev–Trinajstić information content (AvgIpc) is 2.75. The van der Waals surface area contributed by atoms with E-state index in [2.05, 4.69) is 93.6 Å². The van der Waals surface area contributed by atoms with Crippen LogP contribution < -0.4 is 15.9 Å². The molecule has 0 bridgehead atoms. The van der Waals surface area contributed by atoms with Crippen molar-refractivity contribution in [2.24, 2.45) is 0 Å². The predicted octanol–water partition coefficient (Wildman–Crippen LogP) is 4.62. The first-order chi connectivity index (χ1) is 14.5. The highest BCUT2D eigenvalue weighted by molar-refractivity contribution is 7.80. The Hall–Kier alpha value is -3.09. The maximum absolute atomic E-state index is 10.3. The number of carbonyl (C=O) groups excluding carboxylic acids is 2. The maximum Gasteiger partial charge on any atom is 0.178 e. The van der Waals surface area contributed by atoms with Gasteiger partial charge in [0.25, 0.3) is 0 Å². The zero-order chi connectivity index (χ0) is 21.5. The third kappa shape index (κ3) is 5.28. The van der Waals surface area contributed by atoms with E-state index in [9.17, 15) is 9.59 Å². The molecule has 0 saturated carbocycles. The van der Waals surface area contributed by atoms with Crippen LogP contribution in [0, 0.1) is 20.8 Å². The monoisotopic (exact) mass is 412 g/mol. The van der Waals surface area contributed by atoms with Crippen molar-refractivity contribution in [3.05, 3.63) is 114 Å². The molecule has 0 atom stereocenters. The molecule has 0 unspecified atom stereocenters. The van der Waals surface area contributed by atoms with Crippen LogP contribution in [0.2, 0.25) is 0 Å². The first-order valence-electron chi connectivity index (χ1n) is 9.88. The molecule has 30 heavy (non-hydrogen) atoms. The fourth-order valence-corrected chi connectivity index (χ4v) is 6.04. The maximum atomic E-state index is 10.3. The second-order valence-electron chi connectivity index (χ2n) is 7.17. The van der Waals surface area contributed by atoms with E-state index in [4.69, 9.17) is 0 Å². The van der Waals surface area contributed by atoms with Crippen LogP contribution in [0.3, 0.4) is 0 Å². The lowest BCUT2D eigenvalue weighted by molar-refractivity contribution is -0.113. The zero-order valence-electron chi connectivity index (χ0n) is 17.5. The topological polar surface area (TPSA) is 34.1 Å². The van der Waals surface area contributed by atoms with Gasteiger partial charge in [0.15, 0.2) is 11.6 Å². The summed E-state index contributed by atoms with van der Waals surface area (Å²) in [6, 6.07) is 26.4. The molecular weight excluding hydrogens is 387 g/mol. The number of hydrogen-bond donors (Lipinski definition) is 0. The Bertz CT molecular complexity index is 979. The van der Waals surface area contributed by atoms with Crippen molar-refractivity contribution in [1.29, 1.82) is 0 Å². The van der Waals surface area contributed by atoms with E-state index >= 15 is 0 Å². The lowest BCUT2D eigenvalue weighted by Gasteiger charge is -2.24. The van der Waals surface area contributed by atoms with Crippen LogP contribution in [0.4, 0.5) is 0 Å². The van der Waals surface area contributed by atoms with E-state index in [0.717, 1.165) is 0 Å². The number of carbonyl (C=O) groups is 2. The van der Waals surface area contributed by atoms with Crippen molar-refractivity contribution in [3.8, 4) is 0 Å². The van der Waals surface area contributed by atoms with E-state index in [1.54, 1.807) is 0 Å².